The van der Waals surface area contributed by atoms with Gasteiger partial charge in [0.1, 0.15) is 0 Å². The maximum atomic E-state index is 5.57. The molecule has 2 heterocycles. The predicted molar refractivity (Wildman–Crippen MR) is 70.1 cm³/mol. The van der Waals surface area contributed by atoms with Gasteiger partial charge < -0.3 is 0 Å². The number of nitrogens with two attached hydrogens (primary N) is 1. The van der Waals surface area contributed by atoms with Gasteiger partial charge in [0.15, 0.2) is 0 Å². The monoisotopic (exact) mass is 302 g/mol. The average Bonchev–Trinajstić information content (AvgIpc) is 2.85. The molecule has 0 fully saturated rings. The Kier molecular flexibility index (Phi) is 3.93. The van der Waals surface area contributed by atoms with Crippen molar-refractivity contribution in [3.05, 3.63) is 43.2 Å². The fourth-order valence-corrected chi connectivity index (χ4v) is 3.62. The molecule has 0 aliphatic rings. The third kappa shape index (κ3) is 2.89. The van der Waals surface area contributed by atoms with Crippen LogP contribution < -0.4 is 11.3 Å². The summed E-state index contributed by atoms with van der Waals surface area (Å²) in [5.41, 5.74) is 4.12. The van der Waals surface area contributed by atoms with Crippen LogP contribution in [0.2, 0.25) is 0 Å². The average molecular weight is 303 g/mol. The van der Waals surface area contributed by atoms with Crippen LogP contribution >= 0.6 is 38.6 Å². The molecule has 3 N–H and O–H groups in total. The summed E-state index contributed by atoms with van der Waals surface area (Å²) in [5, 5.41) is 6.30. The Morgan fingerprint density at radius 2 is 2.33 bits per heavy atom. The van der Waals surface area contributed by atoms with E-state index in [1.165, 1.54) is 10.4 Å². The first-order valence-corrected chi connectivity index (χ1v) is 7.12. The molecule has 1 atom stereocenters. The second-order valence-corrected chi connectivity index (χ2v) is 5.90. The van der Waals surface area contributed by atoms with E-state index in [2.05, 4.69) is 49.6 Å². The molecule has 15 heavy (non-hydrogen) atoms. The van der Waals surface area contributed by atoms with Gasteiger partial charge in [-0.15, -0.1) is 11.3 Å². The molecule has 0 saturated heterocycles. The van der Waals surface area contributed by atoms with Crippen molar-refractivity contribution >= 4 is 38.6 Å². The Bertz CT molecular complexity index is 411. The largest absolute Gasteiger partial charge is 0.271 e. The van der Waals surface area contributed by atoms with Crippen LogP contribution in [0.5, 0.6) is 0 Å². The van der Waals surface area contributed by atoms with Crippen molar-refractivity contribution in [2.45, 2.75) is 12.5 Å². The second-order valence-electron chi connectivity index (χ2n) is 3.21. The molecule has 2 rings (SSSR count). The molecule has 5 heteroatoms. The van der Waals surface area contributed by atoms with E-state index in [0.29, 0.717) is 0 Å². The molecule has 0 aliphatic carbocycles. The highest BCUT2D eigenvalue weighted by Gasteiger charge is 2.11. The zero-order valence-corrected chi connectivity index (χ0v) is 11.2. The lowest BCUT2D eigenvalue weighted by Gasteiger charge is -2.12. The van der Waals surface area contributed by atoms with Crippen molar-refractivity contribution in [2.24, 2.45) is 5.84 Å². The van der Waals surface area contributed by atoms with Crippen LogP contribution in [-0.4, -0.2) is 0 Å². The van der Waals surface area contributed by atoms with E-state index >= 15 is 0 Å². The Hall–Kier alpha value is -0.200. The Morgan fingerprint density at radius 1 is 1.47 bits per heavy atom. The lowest BCUT2D eigenvalue weighted by atomic mass is 10.1. The van der Waals surface area contributed by atoms with E-state index in [1.807, 2.05) is 0 Å². The minimum absolute atomic E-state index is 0.210. The fraction of sp³-hybridized carbons (Fsp3) is 0.200. The van der Waals surface area contributed by atoms with Crippen LogP contribution in [0.25, 0.3) is 0 Å². The number of halogens is 1. The van der Waals surface area contributed by atoms with Crippen molar-refractivity contribution in [1.82, 2.24) is 5.43 Å². The second kappa shape index (κ2) is 5.23. The Morgan fingerprint density at radius 3 is 2.87 bits per heavy atom. The Labute approximate surface area is 105 Å². The molecular formula is C10H11BrN2S2. The van der Waals surface area contributed by atoms with Gasteiger partial charge in [-0.25, -0.2) is 0 Å². The zero-order valence-electron chi connectivity index (χ0n) is 7.94. The van der Waals surface area contributed by atoms with E-state index in [4.69, 9.17) is 5.84 Å². The number of nitrogens with one attached hydrogen (secondary N) is 1. The highest BCUT2D eigenvalue weighted by atomic mass is 79.9. The van der Waals surface area contributed by atoms with Crippen molar-refractivity contribution in [1.29, 1.82) is 0 Å². The van der Waals surface area contributed by atoms with Crippen molar-refractivity contribution in [3.8, 4) is 0 Å². The quantitative estimate of drug-likeness (QED) is 0.672. The molecule has 80 valence electrons. The molecule has 2 aromatic rings. The summed E-state index contributed by atoms with van der Waals surface area (Å²) >= 11 is 6.90. The normalized spacial score (nSPS) is 12.9. The van der Waals surface area contributed by atoms with E-state index in [-0.39, 0.29) is 6.04 Å². The standard InChI is InChI=1S/C10H11BrN2S2/c11-8-3-9(15-6-8)4-10(13-12)7-1-2-14-5-7/h1-3,5-6,10,13H,4,12H2. The van der Waals surface area contributed by atoms with Gasteiger partial charge in [0, 0.05) is 21.2 Å². The molecule has 0 amide bonds. The summed E-state index contributed by atoms with van der Waals surface area (Å²) in [6.07, 6.45) is 0.934. The zero-order chi connectivity index (χ0) is 10.7. The third-order valence-corrected chi connectivity index (χ3v) is 4.60. The van der Waals surface area contributed by atoms with Gasteiger partial charge in [-0.05, 0) is 44.4 Å². The van der Waals surface area contributed by atoms with Gasteiger partial charge in [0.25, 0.3) is 0 Å². The Balaban J connectivity index is 2.09. The maximum Gasteiger partial charge on any atom is 0.0516 e. The van der Waals surface area contributed by atoms with Gasteiger partial charge in [-0.1, -0.05) is 0 Å². The molecule has 2 nitrogen and oxygen atoms in total. The van der Waals surface area contributed by atoms with E-state index in [9.17, 15) is 0 Å². The van der Waals surface area contributed by atoms with Crippen LogP contribution in [-0.2, 0) is 6.42 Å². The van der Waals surface area contributed by atoms with Crippen LogP contribution in [0.4, 0.5) is 0 Å². The summed E-state index contributed by atoms with van der Waals surface area (Å²) in [4.78, 5) is 1.33. The van der Waals surface area contributed by atoms with Crippen LogP contribution in [0.3, 0.4) is 0 Å². The maximum absolute atomic E-state index is 5.57. The number of hydrazine groups is 1. The SMILES string of the molecule is NNC(Cc1cc(Br)cs1)c1ccsc1. The number of rotatable bonds is 4. The first-order valence-electron chi connectivity index (χ1n) is 4.50. The molecule has 0 radical (unpaired) electrons. The minimum Gasteiger partial charge on any atom is -0.271 e. The van der Waals surface area contributed by atoms with Gasteiger partial charge in [-0.2, -0.15) is 11.3 Å². The molecule has 1 unspecified atom stereocenters. The molecule has 0 saturated carbocycles. The highest BCUT2D eigenvalue weighted by Crippen LogP contribution is 2.26. The summed E-state index contributed by atoms with van der Waals surface area (Å²) in [6, 6.07) is 4.46. The molecule has 2 aromatic heterocycles. The van der Waals surface area contributed by atoms with Crippen molar-refractivity contribution < 1.29 is 0 Å². The number of hydrogen-bond acceptors (Lipinski definition) is 4. The molecule has 0 aromatic carbocycles. The number of hydrogen-bond donors (Lipinski definition) is 2. The summed E-state index contributed by atoms with van der Waals surface area (Å²) in [7, 11) is 0. The first-order chi connectivity index (χ1) is 7.29. The minimum atomic E-state index is 0.210. The van der Waals surface area contributed by atoms with Gasteiger partial charge >= 0.3 is 0 Å². The van der Waals surface area contributed by atoms with E-state index < -0.39 is 0 Å². The van der Waals surface area contributed by atoms with Crippen molar-refractivity contribution in [2.75, 3.05) is 0 Å². The van der Waals surface area contributed by atoms with E-state index in [1.54, 1.807) is 22.7 Å². The van der Waals surface area contributed by atoms with Crippen LogP contribution in [0.1, 0.15) is 16.5 Å². The topological polar surface area (TPSA) is 38.0 Å². The van der Waals surface area contributed by atoms with Gasteiger partial charge in [0.05, 0.1) is 6.04 Å². The molecular weight excluding hydrogens is 292 g/mol. The number of thiophene rings is 2. The fourth-order valence-electron chi connectivity index (χ4n) is 1.41. The molecule has 0 aliphatic heterocycles. The molecule has 0 spiro atoms. The highest BCUT2D eigenvalue weighted by molar-refractivity contribution is 9.10. The van der Waals surface area contributed by atoms with Crippen LogP contribution in [0.15, 0.2) is 32.7 Å². The third-order valence-electron chi connectivity index (χ3n) is 2.17. The predicted octanol–water partition coefficient (Wildman–Crippen LogP) is 3.32. The first kappa shape index (κ1) is 11.3. The van der Waals surface area contributed by atoms with Gasteiger partial charge in [-0.3, -0.25) is 11.3 Å². The van der Waals surface area contributed by atoms with Crippen LogP contribution in [0, 0.1) is 0 Å². The molecule has 0 bridgehead atoms. The lowest BCUT2D eigenvalue weighted by Crippen LogP contribution is -2.29. The van der Waals surface area contributed by atoms with Gasteiger partial charge in [0.2, 0.25) is 0 Å². The summed E-state index contributed by atoms with van der Waals surface area (Å²) < 4.78 is 1.14. The smallest absolute Gasteiger partial charge is 0.0516 e. The summed E-state index contributed by atoms with van der Waals surface area (Å²) in [6.45, 7) is 0. The lowest BCUT2D eigenvalue weighted by molar-refractivity contribution is 0.557. The van der Waals surface area contributed by atoms with Crippen molar-refractivity contribution in [3.63, 3.8) is 0 Å². The van der Waals surface area contributed by atoms with E-state index in [0.717, 1.165) is 10.9 Å². The summed E-state index contributed by atoms with van der Waals surface area (Å²) in [5.74, 6) is 5.57.